The molecule has 0 bridgehead atoms. The van der Waals surface area contributed by atoms with Gasteiger partial charge in [0.2, 0.25) is 6.54 Å². The van der Waals surface area contributed by atoms with Crippen LogP contribution in [0.15, 0.2) is 89.9 Å². The first kappa shape index (κ1) is 25.1. The zero-order valence-corrected chi connectivity index (χ0v) is 20.1. The second-order valence-corrected chi connectivity index (χ2v) is 9.30. The van der Waals surface area contributed by atoms with Gasteiger partial charge in [-0.2, -0.15) is 0 Å². The van der Waals surface area contributed by atoms with Crippen LogP contribution in [0.4, 0.5) is 0 Å². The Hall–Kier alpha value is -3.51. The molecule has 3 aromatic rings. The summed E-state index contributed by atoms with van der Waals surface area (Å²) >= 11 is 6.19. The first-order valence-electron chi connectivity index (χ1n) is 10.9. The van der Waals surface area contributed by atoms with Gasteiger partial charge in [0.1, 0.15) is 5.60 Å². The molecule has 6 nitrogen and oxygen atoms in total. The molecule has 2 atom stereocenters. The fourth-order valence-corrected chi connectivity index (χ4v) is 3.80. The molecule has 176 valence electrons. The standard InChI is InChI=1S/C27H27ClN2O4/c1-27(2,3)34-26(31)25(23(18-30(32)33)21-15-10-16-22(28)17-21)29-24(19-11-6-4-7-12-19)20-13-8-5-9-14-20/h4-17,23,25H,18H2,1-3H3/t23-,25+/m0/s1. The van der Waals surface area contributed by atoms with Gasteiger partial charge in [-0.3, -0.25) is 15.1 Å². The van der Waals surface area contributed by atoms with Crippen LogP contribution < -0.4 is 0 Å². The Labute approximate surface area is 204 Å². The third-order valence-corrected chi connectivity index (χ3v) is 5.25. The number of aliphatic imine (C=N–C) groups is 1. The van der Waals surface area contributed by atoms with E-state index in [2.05, 4.69) is 0 Å². The molecule has 0 unspecified atom stereocenters. The fraction of sp³-hybridized carbons (Fsp3) is 0.259. The lowest BCUT2D eigenvalue weighted by Gasteiger charge is -2.26. The number of carbonyl (C=O) groups excluding carboxylic acids is 1. The molecular weight excluding hydrogens is 452 g/mol. The van der Waals surface area contributed by atoms with Gasteiger partial charge in [-0.15, -0.1) is 0 Å². The molecule has 0 aliphatic heterocycles. The summed E-state index contributed by atoms with van der Waals surface area (Å²) in [6.45, 7) is 4.75. The minimum Gasteiger partial charge on any atom is -0.458 e. The zero-order chi connectivity index (χ0) is 24.7. The molecule has 7 heteroatoms. The molecule has 3 rings (SSSR count). The van der Waals surface area contributed by atoms with Gasteiger partial charge < -0.3 is 4.74 Å². The lowest BCUT2D eigenvalue weighted by Crippen LogP contribution is -2.37. The molecule has 0 fully saturated rings. The highest BCUT2D eigenvalue weighted by molar-refractivity contribution is 6.30. The summed E-state index contributed by atoms with van der Waals surface area (Å²) in [6, 6.07) is 24.4. The van der Waals surface area contributed by atoms with Gasteiger partial charge in [-0.05, 0) is 38.5 Å². The summed E-state index contributed by atoms with van der Waals surface area (Å²) in [7, 11) is 0. The lowest BCUT2D eigenvalue weighted by atomic mass is 9.90. The third kappa shape index (κ3) is 6.99. The van der Waals surface area contributed by atoms with Crippen molar-refractivity contribution >= 4 is 23.3 Å². The van der Waals surface area contributed by atoms with Crippen molar-refractivity contribution in [2.45, 2.75) is 38.3 Å². The Morgan fingerprint density at radius 1 is 0.971 bits per heavy atom. The van der Waals surface area contributed by atoms with E-state index in [9.17, 15) is 14.9 Å². The van der Waals surface area contributed by atoms with Crippen molar-refractivity contribution < 1.29 is 14.5 Å². The van der Waals surface area contributed by atoms with E-state index in [1.807, 2.05) is 60.7 Å². The van der Waals surface area contributed by atoms with Gasteiger partial charge in [-0.1, -0.05) is 84.4 Å². The van der Waals surface area contributed by atoms with E-state index in [-0.39, 0.29) is 0 Å². The van der Waals surface area contributed by atoms with E-state index < -0.39 is 35.0 Å². The second kappa shape index (κ2) is 11.1. The van der Waals surface area contributed by atoms with E-state index in [0.29, 0.717) is 16.3 Å². The van der Waals surface area contributed by atoms with Crippen molar-refractivity contribution in [2.75, 3.05) is 6.54 Å². The molecule has 0 aliphatic carbocycles. The van der Waals surface area contributed by atoms with Crippen LogP contribution in [0, 0.1) is 10.1 Å². The van der Waals surface area contributed by atoms with Crippen molar-refractivity contribution in [3.05, 3.63) is 117 Å². The van der Waals surface area contributed by atoms with Crippen molar-refractivity contribution in [2.24, 2.45) is 4.99 Å². The van der Waals surface area contributed by atoms with Crippen LogP contribution in [0.1, 0.15) is 43.4 Å². The maximum atomic E-state index is 13.5. The Balaban J connectivity index is 2.23. The third-order valence-electron chi connectivity index (χ3n) is 5.01. The van der Waals surface area contributed by atoms with Gasteiger partial charge in [0.05, 0.1) is 11.6 Å². The molecule has 34 heavy (non-hydrogen) atoms. The van der Waals surface area contributed by atoms with Gasteiger partial charge in [0.15, 0.2) is 6.04 Å². The highest BCUT2D eigenvalue weighted by Gasteiger charge is 2.37. The highest BCUT2D eigenvalue weighted by atomic mass is 35.5. The molecule has 0 spiro atoms. The number of hydrogen-bond acceptors (Lipinski definition) is 5. The Bertz CT molecular complexity index is 1120. The van der Waals surface area contributed by atoms with Crippen molar-refractivity contribution in [1.82, 2.24) is 0 Å². The van der Waals surface area contributed by atoms with Crippen LogP contribution in [0.3, 0.4) is 0 Å². The normalized spacial score (nSPS) is 12.9. The van der Waals surface area contributed by atoms with E-state index >= 15 is 0 Å². The quantitative estimate of drug-likeness (QED) is 0.173. The number of hydrogen-bond donors (Lipinski definition) is 0. The number of carbonyl (C=O) groups is 1. The van der Waals surface area contributed by atoms with Gasteiger partial charge >= 0.3 is 5.97 Å². The summed E-state index contributed by atoms with van der Waals surface area (Å²) < 4.78 is 5.69. The van der Waals surface area contributed by atoms with Crippen LogP contribution in [-0.2, 0) is 9.53 Å². The summed E-state index contributed by atoms with van der Waals surface area (Å²) in [5.74, 6) is -1.52. The molecule has 0 radical (unpaired) electrons. The summed E-state index contributed by atoms with van der Waals surface area (Å²) in [5.41, 5.74) is 1.87. The zero-order valence-electron chi connectivity index (χ0n) is 19.4. The number of halogens is 1. The van der Waals surface area contributed by atoms with Crippen molar-refractivity contribution in [3.63, 3.8) is 0 Å². The first-order chi connectivity index (χ1) is 16.1. The second-order valence-electron chi connectivity index (χ2n) is 8.86. The van der Waals surface area contributed by atoms with Crippen LogP contribution in [0.2, 0.25) is 5.02 Å². The average Bonchev–Trinajstić information content (AvgIpc) is 2.78. The number of nitrogens with zero attached hydrogens (tertiary/aromatic N) is 2. The highest BCUT2D eigenvalue weighted by Crippen LogP contribution is 2.28. The fourth-order valence-electron chi connectivity index (χ4n) is 3.60. The van der Waals surface area contributed by atoms with E-state index in [4.69, 9.17) is 21.3 Å². The molecule has 0 saturated carbocycles. The number of rotatable bonds is 8. The average molecular weight is 479 g/mol. The van der Waals surface area contributed by atoms with Crippen LogP contribution >= 0.6 is 11.6 Å². The van der Waals surface area contributed by atoms with E-state index in [1.165, 1.54) is 0 Å². The van der Waals surface area contributed by atoms with Crippen molar-refractivity contribution in [1.29, 1.82) is 0 Å². The lowest BCUT2D eigenvalue weighted by molar-refractivity contribution is -0.483. The molecule has 0 amide bonds. The molecule has 0 aliphatic rings. The van der Waals surface area contributed by atoms with Gasteiger partial charge in [0, 0.05) is 21.1 Å². The summed E-state index contributed by atoms with van der Waals surface area (Å²) in [5, 5.41) is 12.1. The Kier molecular flexibility index (Phi) is 8.18. The minimum atomic E-state index is -1.17. The topological polar surface area (TPSA) is 81.8 Å². The molecule has 0 aromatic heterocycles. The summed E-state index contributed by atoms with van der Waals surface area (Å²) in [6.07, 6.45) is 0. The van der Waals surface area contributed by atoms with Gasteiger partial charge in [0.25, 0.3) is 0 Å². The number of benzene rings is 3. The van der Waals surface area contributed by atoms with Crippen molar-refractivity contribution in [3.8, 4) is 0 Å². The molecule has 3 aromatic carbocycles. The largest absolute Gasteiger partial charge is 0.458 e. The maximum absolute atomic E-state index is 13.5. The number of nitro groups is 1. The van der Waals surface area contributed by atoms with E-state index in [0.717, 1.165) is 11.1 Å². The van der Waals surface area contributed by atoms with Crippen LogP contribution in [0.5, 0.6) is 0 Å². The van der Waals surface area contributed by atoms with Crippen LogP contribution in [0.25, 0.3) is 0 Å². The molecule has 0 N–H and O–H groups in total. The monoisotopic (exact) mass is 478 g/mol. The molecular formula is C27H27ClN2O4. The predicted octanol–water partition coefficient (Wildman–Crippen LogP) is 5.95. The smallest absolute Gasteiger partial charge is 0.332 e. The Morgan fingerprint density at radius 2 is 1.53 bits per heavy atom. The predicted molar refractivity (Wildman–Crippen MR) is 134 cm³/mol. The molecule has 0 heterocycles. The van der Waals surface area contributed by atoms with Gasteiger partial charge in [-0.25, -0.2) is 4.79 Å². The SMILES string of the molecule is CC(C)(C)OC(=O)[C@H](N=C(c1ccccc1)c1ccccc1)[C@@H](C[N+](=O)[O-])c1cccc(Cl)c1. The number of ether oxygens (including phenoxy) is 1. The molecule has 0 saturated heterocycles. The number of esters is 1. The minimum absolute atomic E-state index is 0.420. The first-order valence-corrected chi connectivity index (χ1v) is 11.3. The maximum Gasteiger partial charge on any atom is 0.332 e. The van der Waals surface area contributed by atoms with E-state index in [1.54, 1.807) is 45.0 Å². The summed E-state index contributed by atoms with van der Waals surface area (Å²) in [4.78, 5) is 29.5. The van der Waals surface area contributed by atoms with Crippen LogP contribution in [-0.4, -0.2) is 34.8 Å². The Morgan fingerprint density at radius 3 is 2.00 bits per heavy atom.